The number of carbonyl (C=O) groups excluding carboxylic acids is 1. The quantitative estimate of drug-likeness (QED) is 0.307. The van der Waals surface area contributed by atoms with Gasteiger partial charge in [-0.25, -0.2) is 9.78 Å². The van der Waals surface area contributed by atoms with Crippen LogP contribution in [0.2, 0.25) is 0 Å². The fourth-order valence-corrected chi connectivity index (χ4v) is 5.60. The Kier molecular flexibility index (Phi) is 9.00. The Morgan fingerprint density at radius 3 is 2.66 bits per heavy atom. The van der Waals surface area contributed by atoms with E-state index in [9.17, 15) is 9.35 Å². The summed E-state index contributed by atoms with van der Waals surface area (Å²) in [6.07, 6.45) is 1.79. The fraction of sp³-hybridized carbons (Fsp3) is 0.500. The second kappa shape index (κ2) is 11.6. The zero-order valence-electron chi connectivity index (χ0n) is 22.0. The number of hydrogen-bond acceptors (Lipinski definition) is 6. The summed E-state index contributed by atoms with van der Waals surface area (Å²) in [5.74, 6) is 5.96. The third-order valence-corrected chi connectivity index (χ3v) is 7.56. The average Bonchev–Trinajstić information content (AvgIpc) is 3.16. The number of rotatable bonds is 7. The van der Waals surface area contributed by atoms with Gasteiger partial charge in [0.2, 0.25) is 0 Å². The van der Waals surface area contributed by atoms with Crippen molar-refractivity contribution in [1.29, 1.82) is 0 Å². The van der Waals surface area contributed by atoms with Gasteiger partial charge in [-0.1, -0.05) is 37.3 Å². The van der Waals surface area contributed by atoms with Gasteiger partial charge in [0, 0.05) is 28.1 Å². The van der Waals surface area contributed by atoms with Crippen LogP contribution >= 0.6 is 0 Å². The van der Waals surface area contributed by atoms with Crippen LogP contribution in [-0.2, 0) is 22.6 Å². The van der Waals surface area contributed by atoms with Crippen LogP contribution in [0.5, 0.6) is 0 Å². The summed E-state index contributed by atoms with van der Waals surface area (Å²) < 4.78 is 20.5. The molecule has 0 bridgehead atoms. The van der Waals surface area contributed by atoms with Crippen molar-refractivity contribution in [2.24, 2.45) is 0 Å². The molecular weight excluding hydrogens is 458 g/mol. The van der Waals surface area contributed by atoms with E-state index in [2.05, 4.69) is 23.1 Å². The number of aromatic nitrogens is 1. The highest BCUT2D eigenvalue weighted by Crippen LogP contribution is 2.45. The number of esters is 1. The predicted molar refractivity (Wildman–Crippen MR) is 142 cm³/mol. The summed E-state index contributed by atoms with van der Waals surface area (Å²) in [6.45, 7) is 11.4. The second-order valence-electron chi connectivity index (χ2n) is 10.0. The summed E-state index contributed by atoms with van der Waals surface area (Å²) in [4.78, 5) is 19.5. The van der Waals surface area contributed by atoms with Crippen molar-refractivity contribution in [2.75, 3.05) is 27.2 Å². The zero-order chi connectivity index (χ0) is 25.8. The molecule has 0 amide bonds. The van der Waals surface area contributed by atoms with E-state index in [-0.39, 0.29) is 18.3 Å². The molecule has 0 radical (unpaired) electrons. The molecule has 7 heteroatoms. The van der Waals surface area contributed by atoms with Crippen LogP contribution in [0.15, 0.2) is 30.3 Å². The summed E-state index contributed by atoms with van der Waals surface area (Å²) in [7, 11) is 3.97. The van der Waals surface area contributed by atoms with Gasteiger partial charge < -0.3 is 9.29 Å². The van der Waals surface area contributed by atoms with Crippen LogP contribution in [0, 0.1) is 11.8 Å². The smallest absolute Gasteiger partial charge is 0.356 e. The Balaban J connectivity index is 2.17. The minimum atomic E-state index is -1.21. The number of ether oxygens (including phenoxy) is 1. The highest BCUT2D eigenvalue weighted by Gasteiger charge is 2.44. The zero-order valence-corrected chi connectivity index (χ0v) is 22.8. The van der Waals surface area contributed by atoms with E-state index < -0.39 is 22.1 Å². The largest absolute Gasteiger partial charge is 0.597 e. The molecule has 0 fully saturated rings. The first-order chi connectivity index (χ1) is 16.6. The molecule has 188 valence electrons. The molecule has 0 saturated carbocycles. The number of nitrogens with zero attached hydrogens (tertiary/aromatic N) is 3. The Hall–Kier alpha value is -2.37. The molecule has 0 N–H and O–H groups in total. The highest BCUT2D eigenvalue weighted by atomic mass is 32.2. The van der Waals surface area contributed by atoms with Crippen LogP contribution in [0.3, 0.4) is 0 Å². The number of benzene rings is 1. The van der Waals surface area contributed by atoms with Crippen LogP contribution in [-0.4, -0.2) is 56.7 Å². The summed E-state index contributed by atoms with van der Waals surface area (Å²) in [5.41, 5.74) is 4.85. The normalized spacial score (nSPS) is 16.5. The van der Waals surface area contributed by atoms with E-state index in [0.717, 1.165) is 40.8 Å². The van der Waals surface area contributed by atoms with E-state index in [1.807, 2.05) is 70.1 Å². The van der Waals surface area contributed by atoms with E-state index in [1.165, 1.54) is 0 Å². The van der Waals surface area contributed by atoms with Gasteiger partial charge >= 0.3 is 5.97 Å². The van der Waals surface area contributed by atoms with Gasteiger partial charge in [-0.05, 0) is 72.0 Å². The fourth-order valence-electron chi connectivity index (χ4n) is 4.19. The number of hydrogen-bond donors (Lipinski definition) is 0. The molecule has 2 aromatic rings. The lowest BCUT2D eigenvalue weighted by atomic mass is 9.94. The lowest BCUT2D eigenvalue weighted by Crippen LogP contribution is -2.42. The minimum absolute atomic E-state index is 0.0442. The molecule has 1 aliphatic heterocycles. The van der Waals surface area contributed by atoms with E-state index in [1.54, 1.807) is 6.92 Å². The third kappa shape index (κ3) is 6.45. The number of carbonyl (C=O) groups is 1. The molecule has 1 aromatic heterocycles. The molecular formula is C28H37N3O3S. The summed E-state index contributed by atoms with van der Waals surface area (Å²) in [6, 6.07) is 9.74. The SMILES string of the molecule is CCC[C@@H]1c2c(cc(C(=O)OCC)nc2-c2cccc(C#CCN(C)C)c2)CN1[S+]([O-])C(C)(C)C. The predicted octanol–water partition coefficient (Wildman–Crippen LogP) is 4.96. The number of fused-ring (bicyclic) bond motifs is 1. The van der Waals surface area contributed by atoms with Crippen molar-refractivity contribution in [3.63, 3.8) is 0 Å². The third-order valence-electron chi connectivity index (χ3n) is 5.70. The van der Waals surface area contributed by atoms with Crippen molar-refractivity contribution in [3.8, 4) is 23.1 Å². The van der Waals surface area contributed by atoms with Gasteiger partial charge in [0.25, 0.3) is 0 Å². The Morgan fingerprint density at radius 2 is 2.03 bits per heavy atom. The molecule has 0 aliphatic carbocycles. The Morgan fingerprint density at radius 1 is 1.29 bits per heavy atom. The molecule has 1 unspecified atom stereocenters. The molecule has 0 saturated heterocycles. The second-order valence-corrected chi connectivity index (χ2v) is 12.2. The molecule has 3 rings (SSSR count). The first kappa shape index (κ1) is 27.2. The average molecular weight is 496 g/mol. The van der Waals surface area contributed by atoms with Crippen LogP contribution in [0.1, 0.15) is 80.7 Å². The Bertz CT molecular complexity index is 1110. The maximum atomic E-state index is 13.5. The van der Waals surface area contributed by atoms with Gasteiger partial charge in [0.1, 0.15) is 10.4 Å². The van der Waals surface area contributed by atoms with E-state index in [4.69, 9.17) is 9.72 Å². The first-order valence-corrected chi connectivity index (χ1v) is 13.3. The maximum Gasteiger partial charge on any atom is 0.356 e. The molecule has 1 aliphatic rings. The van der Waals surface area contributed by atoms with Crippen LogP contribution in [0.25, 0.3) is 11.3 Å². The highest BCUT2D eigenvalue weighted by molar-refractivity contribution is 7.90. The molecule has 2 atom stereocenters. The standard InChI is InChI=1S/C28H37N3O3S/c1-8-12-24-25-22(19-31(24)35(33)28(3,4)5)18-23(27(32)34-9-2)29-26(25)21-15-10-13-20(17-21)14-11-16-30(6)7/h10,13,15,17-18,24H,8-9,12,16,19H2,1-7H3/t24-,35?/m1/s1. The molecule has 0 spiro atoms. The van der Waals surface area contributed by atoms with Crippen LogP contribution in [0.4, 0.5) is 0 Å². The molecule has 2 heterocycles. The van der Waals surface area contributed by atoms with Gasteiger partial charge in [0.15, 0.2) is 0 Å². The van der Waals surface area contributed by atoms with Gasteiger partial charge in [0.05, 0.1) is 31.4 Å². The molecule has 6 nitrogen and oxygen atoms in total. The lowest BCUT2D eigenvalue weighted by Gasteiger charge is -2.33. The van der Waals surface area contributed by atoms with Gasteiger partial charge in [-0.2, -0.15) is 0 Å². The van der Waals surface area contributed by atoms with E-state index >= 15 is 0 Å². The topological polar surface area (TPSA) is 68.7 Å². The lowest BCUT2D eigenvalue weighted by molar-refractivity contribution is 0.0519. The first-order valence-electron chi connectivity index (χ1n) is 12.2. The summed E-state index contributed by atoms with van der Waals surface area (Å²) >= 11 is -1.21. The minimum Gasteiger partial charge on any atom is -0.597 e. The Labute approximate surface area is 213 Å². The van der Waals surface area contributed by atoms with Crippen molar-refractivity contribution >= 4 is 17.3 Å². The van der Waals surface area contributed by atoms with E-state index in [0.29, 0.717) is 13.1 Å². The van der Waals surface area contributed by atoms with Crippen molar-refractivity contribution in [3.05, 3.63) is 52.7 Å². The van der Waals surface area contributed by atoms with Gasteiger partial charge in [-0.3, -0.25) is 4.90 Å². The van der Waals surface area contributed by atoms with Crippen molar-refractivity contribution < 1.29 is 14.1 Å². The van der Waals surface area contributed by atoms with Gasteiger partial charge in [-0.15, -0.1) is 4.31 Å². The molecule has 35 heavy (non-hydrogen) atoms. The van der Waals surface area contributed by atoms with Crippen LogP contribution < -0.4 is 0 Å². The number of pyridine rings is 1. The van der Waals surface area contributed by atoms with Crippen molar-refractivity contribution in [1.82, 2.24) is 14.2 Å². The monoisotopic (exact) mass is 495 g/mol. The van der Waals surface area contributed by atoms with Crippen molar-refractivity contribution in [2.45, 2.75) is 64.8 Å². The summed E-state index contributed by atoms with van der Waals surface area (Å²) in [5, 5.41) is 0. The molecule has 1 aromatic carbocycles. The maximum absolute atomic E-state index is 13.5.